The van der Waals surface area contributed by atoms with Crippen molar-refractivity contribution in [2.24, 2.45) is 0 Å². The van der Waals surface area contributed by atoms with Gasteiger partial charge < -0.3 is 20.3 Å². The van der Waals surface area contributed by atoms with Gasteiger partial charge in [-0.25, -0.2) is 9.80 Å². The predicted octanol–water partition coefficient (Wildman–Crippen LogP) is 2.54. The lowest BCUT2D eigenvalue weighted by molar-refractivity contribution is 0.0740. The van der Waals surface area contributed by atoms with E-state index in [9.17, 15) is 14.4 Å². The summed E-state index contributed by atoms with van der Waals surface area (Å²) in [6.07, 6.45) is 1.92. The minimum absolute atomic E-state index is 0.00300. The number of carbonyl (C=O) groups is 3. The number of anilines is 1. The number of hydrazine groups is 1. The fourth-order valence-corrected chi connectivity index (χ4v) is 6.38. The topological polar surface area (TPSA) is 132 Å². The smallest absolute Gasteiger partial charge is 0.333 e. The van der Waals surface area contributed by atoms with Gasteiger partial charge >= 0.3 is 6.03 Å². The van der Waals surface area contributed by atoms with Crippen LogP contribution < -0.4 is 16.1 Å². The number of hydrogen-bond donors (Lipinski definition) is 4. The maximum atomic E-state index is 13.7. The number of methoxy groups -OCH3 is 1. The normalized spacial score (nSPS) is 18.9. The molecular formula is C26H29N7O4S. The number of amides is 3. The van der Waals surface area contributed by atoms with E-state index < -0.39 is 6.03 Å². The second-order valence-corrected chi connectivity index (χ2v) is 10.7. The van der Waals surface area contributed by atoms with E-state index in [4.69, 9.17) is 4.74 Å². The van der Waals surface area contributed by atoms with E-state index in [0.717, 1.165) is 37.4 Å². The number of nitrogens with one attached hydrogen (secondary N) is 4. The molecule has 6 rings (SSSR count). The molecule has 0 unspecified atom stereocenters. The summed E-state index contributed by atoms with van der Waals surface area (Å²) in [6.45, 7) is 4.19. The number of ketones is 1. The number of hydrogen-bond acceptors (Lipinski definition) is 8. The Labute approximate surface area is 223 Å². The molecule has 0 bridgehead atoms. The number of H-pyrrole nitrogens is 1. The minimum Gasteiger partial charge on any atom is -0.383 e. The number of nitrogens with zero attached hydrogens (tertiary/aromatic N) is 3. The molecule has 0 spiro atoms. The van der Waals surface area contributed by atoms with Crippen LogP contribution in [0.2, 0.25) is 0 Å². The SMILES string of the molecule is COC[C@H]1CCCN1NC(=O)Nc1cccc2c1C(=O)c1c-2n[nH]c1-c1ccc(C(=O)N2CCNCC2)s1. The Morgan fingerprint density at radius 3 is 2.82 bits per heavy atom. The Hall–Kier alpha value is -3.58. The van der Waals surface area contributed by atoms with E-state index in [0.29, 0.717) is 58.3 Å². The van der Waals surface area contributed by atoms with Crippen molar-refractivity contribution in [3.05, 3.63) is 46.3 Å². The van der Waals surface area contributed by atoms with Crippen molar-refractivity contribution in [1.82, 2.24) is 30.8 Å². The van der Waals surface area contributed by atoms with Gasteiger partial charge in [-0.1, -0.05) is 12.1 Å². The van der Waals surface area contributed by atoms with Crippen LogP contribution in [0.4, 0.5) is 10.5 Å². The monoisotopic (exact) mass is 535 g/mol. The lowest BCUT2D eigenvalue weighted by atomic mass is 10.1. The summed E-state index contributed by atoms with van der Waals surface area (Å²) >= 11 is 1.35. The summed E-state index contributed by atoms with van der Waals surface area (Å²) in [4.78, 5) is 42.7. The second-order valence-electron chi connectivity index (χ2n) is 9.60. The zero-order valence-corrected chi connectivity index (χ0v) is 21.8. The molecule has 3 amide bonds. The number of aromatic amines is 1. The number of benzene rings is 1. The van der Waals surface area contributed by atoms with Crippen molar-refractivity contribution in [1.29, 1.82) is 0 Å². The van der Waals surface area contributed by atoms with Crippen LogP contribution in [0.15, 0.2) is 30.3 Å². The number of ether oxygens (including phenoxy) is 1. The average Bonchev–Trinajstić information content (AvgIpc) is 3.71. The molecular weight excluding hydrogens is 506 g/mol. The van der Waals surface area contributed by atoms with Crippen molar-refractivity contribution in [3.63, 3.8) is 0 Å². The number of urea groups is 1. The Bertz CT molecular complexity index is 1390. The zero-order valence-electron chi connectivity index (χ0n) is 21.0. The fraction of sp³-hybridized carbons (Fsp3) is 0.385. The van der Waals surface area contributed by atoms with E-state index in [-0.39, 0.29) is 17.7 Å². The largest absolute Gasteiger partial charge is 0.383 e. The van der Waals surface area contributed by atoms with Crippen molar-refractivity contribution >= 4 is 34.7 Å². The van der Waals surface area contributed by atoms with Crippen molar-refractivity contribution in [3.8, 4) is 21.8 Å². The summed E-state index contributed by atoms with van der Waals surface area (Å²) in [5.41, 5.74) is 5.99. The van der Waals surface area contributed by atoms with Crippen molar-refractivity contribution in [2.75, 3.05) is 51.8 Å². The molecule has 0 radical (unpaired) electrons. The van der Waals surface area contributed by atoms with Crippen LogP contribution in [-0.2, 0) is 4.74 Å². The molecule has 3 aromatic rings. The van der Waals surface area contributed by atoms with Gasteiger partial charge in [0.1, 0.15) is 5.69 Å². The maximum absolute atomic E-state index is 13.7. The highest BCUT2D eigenvalue weighted by Crippen LogP contribution is 2.44. The highest BCUT2D eigenvalue weighted by molar-refractivity contribution is 7.17. The molecule has 0 saturated carbocycles. The number of fused-ring (bicyclic) bond motifs is 3. The number of piperazine rings is 1. The highest BCUT2D eigenvalue weighted by atomic mass is 32.1. The fourth-order valence-electron chi connectivity index (χ4n) is 5.40. The third-order valence-corrected chi connectivity index (χ3v) is 8.33. The molecule has 2 saturated heterocycles. The lowest BCUT2D eigenvalue weighted by Crippen LogP contribution is -2.48. The highest BCUT2D eigenvalue weighted by Gasteiger charge is 2.36. The number of aromatic nitrogens is 2. The van der Waals surface area contributed by atoms with Gasteiger partial charge in [-0.3, -0.25) is 20.1 Å². The molecule has 1 aromatic carbocycles. The molecule has 2 aromatic heterocycles. The maximum Gasteiger partial charge on any atom is 0.333 e. The number of rotatable bonds is 6. The molecule has 198 valence electrons. The quantitative estimate of drug-likeness (QED) is 0.298. The molecule has 11 nitrogen and oxygen atoms in total. The van der Waals surface area contributed by atoms with Crippen LogP contribution in [0.3, 0.4) is 0 Å². The van der Waals surface area contributed by atoms with Crippen molar-refractivity contribution < 1.29 is 19.1 Å². The Morgan fingerprint density at radius 2 is 2.00 bits per heavy atom. The first-order chi connectivity index (χ1) is 18.5. The summed E-state index contributed by atoms with van der Waals surface area (Å²) in [5.74, 6) is -0.215. The van der Waals surface area contributed by atoms with Crippen molar-refractivity contribution in [2.45, 2.75) is 18.9 Å². The average molecular weight is 536 g/mol. The summed E-state index contributed by atoms with van der Waals surface area (Å²) in [5, 5.41) is 15.4. The summed E-state index contributed by atoms with van der Waals surface area (Å²) in [7, 11) is 1.65. The van der Waals surface area contributed by atoms with Crippen LogP contribution >= 0.6 is 11.3 Å². The number of thiophene rings is 1. The molecule has 3 aliphatic rings. The van der Waals surface area contributed by atoms with E-state index in [2.05, 4.69) is 26.3 Å². The van der Waals surface area contributed by atoms with Gasteiger partial charge in [-0.2, -0.15) is 5.10 Å². The van der Waals surface area contributed by atoms with Crippen LogP contribution in [-0.4, -0.2) is 90.3 Å². The minimum atomic E-state index is -0.408. The van der Waals surface area contributed by atoms with E-state index in [1.54, 1.807) is 25.3 Å². The first-order valence-electron chi connectivity index (χ1n) is 12.7. The molecule has 12 heteroatoms. The molecule has 2 fully saturated rings. The molecule has 4 N–H and O–H groups in total. The molecule has 1 aliphatic carbocycles. The van der Waals surface area contributed by atoms with Gasteiger partial charge in [-0.05, 0) is 31.0 Å². The molecule has 2 aliphatic heterocycles. The third kappa shape index (κ3) is 4.39. The Morgan fingerprint density at radius 1 is 1.16 bits per heavy atom. The summed E-state index contributed by atoms with van der Waals surface area (Å²) in [6, 6.07) is 8.71. The van der Waals surface area contributed by atoms with E-state index in [1.807, 2.05) is 22.0 Å². The van der Waals surface area contributed by atoms with Gasteiger partial charge in [0.15, 0.2) is 5.78 Å². The Balaban J connectivity index is 1.22. The third-order valence-electron chi connectivity index (χ3n) is 7.24. The molecule has 4 heterocycles. The number of carbonyl (C=O) groups excluding carboxylic acids is 3. The lowest BCUT2D eigenvalue weighted by Gasteiger charge is -2.26. The first kappa shape index (κ1) is 24.7. The van der Waals surface area contributed by atoms with Crippen LogP contribution in [0.5, 0.6) is 0 Å². The van der Waals surface area contributed by atoms with Gasteiger partial charge in [0, 0.05) is 45.4 Å². The molecule has 38 heavy (non-hydrogen) atoms. The first-order valence-corrected chi connectivity index (χ1v) is 13.6. The summed E-state index contributed by atoms with van der Waals surface area (Å²) < 4.78 is 5.26. The van der Waals surface area contributed by atoms with Crippen LogP contribution in [0, 0.1) is 0 Å². The molecule has 1 atom stereocenters. The Kier molecular flexibility index (Phi) is 6.70. The van der Waals surface area contributed by atoms with Gasteiger partial charge in [0.2, 0.25) is 0 Å². The van der Waals surface area contributed by atoms with Gasteiger partial charge in [0.05, 0.1) is 44.9 Å². The standard InChI is InChI=1S/C26H29N7O4S/c1-37-14-15-4-3-11-33(15)31-26(36)28-17-6-2-5-16-20(17)24(34)21-22(16)29-30-23(21)18-7-8-19(38-18)25(35)32-12-9-27-10-13-32/h2,5-8,15,27H,3-4,9-14H2,1H3,(H,29,30)(H2,28,31,36)/t15-/m1/s1. The van der Waals surface area contributed by atoms with E-state index in [1.165, 1.54) is 11.3 Å². The predicted molar refractivity (Wildman–Crippen MR) is 143 cm³/mol. The second kappa shape index (κ2) is 10.3. The van der Waals surface area contributed by atoms with Gasteiger partial charge in [-0.15, -0.1) is 11.3 Å². The van der Waals surface area contributed by atoms with Gasteiger partial charge in [0.25, 0.3) is 5.91 Å². The van der Waals surface area contributed by atoms with Crippen LogP contribution in [0.1, 0.15) is 38.4 Å². The van der Waals surface area contributed by atoms with Crippen LogP contribution in [0.25, 0.3) is 21.8 Å². The zero-order chi connectivity index (χ0) is 26.2. The van der Waals surface area contributed by atoms with E-state index >= 15 is 0 Å².